The number of ether oxygens (including phenoxy) is 1. The van der Waals surface area contributed by atoms with Gasteiger partial charge in [-0.1, -0.05) is 24.1 Å². The Labute approximate surface area is 113 Å². The highest BCUT2D eigenvalue weighted by Crippen LogP contribution is 2.17. The van der Waals surface area contributed by atoms with E-state index < -0.39 is 0 Å². The van der Waals surface area contributed by atoms with Gasteiger partial charge in [-0.25, -0.2) is 0 Å². The molecular weight excluding hydrogens is 236 g/mol. The lowest BCUT2D eigenvalue weighted by atomic mass is 10.2. The van der Waals surface area contributed by atoms with Crippen molar-refractivity contribution in [2.45, 2.75) is 13.1 Å². The highest BCUT2D eigenvalue weighted by molar-refractivity contribution is 5.33. The largest absolute Gasteiger partial charge is 0.481 e. The lowest BCUT2D eigenvalue weighted by molar-refractivity contribution is 0.365. The van der Waals surface area contributed by atoms with Crippen LogP contribution in [0.3, 0.4) is 0 Å². The Morgan fingerprint density at radius 1 is 1.11 bits per heavy atom. The van der Waals surface area contributed by atoms with Crippen LogP contribution in [0.1, 0.15) is 11.1 Å². The summed E-state index contributed by atoms with van der Waals surface area (Å²) in [5.41, 5.74) is 2.31. The number of benzene rings is 1. The summed E-state index contributed by atoms with van der Waals surface area (Å²) in [4.78, 5) is 3.99. The van der Waals surface area contributed by atoms with Crippen LogP contribution >= 0.6 is 0 Å². The summed E-state index contributed by atoms with van der Waals surface area (Å²) in [6.45, 7) is 1.83. The average molecular weight is 252 g/mol. The maximum Gasteiger partial charge on any atom is 0.148 e. The Bertz CT molecular complexity index is 546. The van der Waals surface area contributed by atoms with Gasteiger partial charge < -0.3 is 10.1 Å². The summed E-state index contributed by atoms with van der Waals surface area (Å²) in [7, 11) is 0. The monoisotopic (exact) mass is 252 g/mol. The Hall–Kier alpha value is -2.31. The fourth-order valence-electron chi connectivity index (χ4n) is 1.75. The van der Waals surface area contributed by atoms with Crippen LogP contribution in [0, 0.1) is 12.3 Å². The molecule has 0 aliphatic rings. The van der Waals surface area contributed by atoms with Gasteiger partial charge in [0.2, 0.25) is 0 Å². The quantitative estimate of drug-likeness (QED) is 0.801. The van der Waals surface area contributed by atoms with E-state index in [1.165, 1.54) is 5.56 Å². The SMILES string of the molecule is C#CCOc1ccccc1CNCc1ccncc1. The topological polar surface area (TPSA) is 34.1 Å². The number of hydrogen-bond acceptors (Lipinski definition) is 3. The Kier molecular flexibility index (Phi) is 4.97. The van der Waals surface area contributed by atoms with Gasteiger partial charge >= 0.3 is 0 Å². The Morgan fingerprint density at radius 3 is 2.68 bits per heavy atom. The number of hydrogen-bond donors (Lipinski definition) is 1. The molecule has 2 rings (SSSR count). The Morgan fingerprint density at radius 2 is 1.89 bits per heavy atom. The third-order valence-corrected chi connectivity index (χ3v) is 2.68. The minimum Gasteiger partial charge on any atom is -0.481 e. The van der Waals surface area contributed by atoms with E-state index in [2.05, 4.69) is 16.2 Å². The molecule has 3 nitrogen and oxygen atoms in total. The fourth-order valence-corrected chi connectivity index (χ4v) is 1.75. The molecule has 0 bridgehead atoms. The van der Waals surface area contributed by atoms with E-state index in [-0.39, 0.29) is 0 Å². The first-order valence-electron chi connectivity index (χ1n) is 6.14. The molecule has 0 amide bonds. The van der Waals surface area contributed by atoms with Crippen molar-refractivity contribution in [3.8, 4) is 18.1 Å². The van der Waals surface area contributed by atoms with Crippen LogP contribution in [-0.2, 0) is 13.1 Å². The molecule has 1 N–H and O–H groups in total. The maximum atomic E-state index is 5.50. The van der Waals surface area contributed by atoms with Crippen molar-refractivity contribution in [1.29, 1.82) is 0 Å². The molecule has 1 aromatic heterocycles. The third kappa shape index (κ3) is 4.13. The van der Waals surface area contributed by atoms with Gasteiger partial charge in [0.05, 0.1) is 0 Å². The lowest BCUT2D eigenvalue weighted by Crippen LogP contribution is -2.13. The molecular formula is C16H16N2O. The van der Waals surface area contributed by atoms with Gasteiger partial charge in [0.15, 0.2) is 0 Å². The van der Waals surface area contributed by atoms with Crippen LogP contribution in [0.4, 0.5) is 0 Å². The van der Waals surface area contributed by atoms with E-state index in [9.17, 15) is 0 Å². The molecule has 96 valence electrons. The van der Waals surface area contributed by atoms with Crippen molar-refractivity contribution >= 4 is 0 Å². The van der Waals surface area contributed by atoms with Crippen molar-refractivity contribution in [3.63, 3.8) is 0 Å². The molecule has 0 spiro atoms. The molecule has 2 aromatic rings. The van der Waals surface area contributed by atoms with Crippen LogP contribution in [-0.4, -0.2) is 11.6 Å². The van der Waals surface area contributed by atoms with Crippen LogP contribution < -0.4 is 10.1 Å². The number of terminal acetylenes is 1. The maximum absolute atomic E-state index is 5.50. The van der Waals surface area contributed by atoms with Crippen LogP contribution in [0.25, 0.3) is 0 Å². The van der Waals surface area contributed by atoms with Crippen molar-refractivity contribution in [1.82, 2.24) is 10.3 Å². The van der Waals surface area contributed by atoms with Gasteiger partial charge in [0.1, 0.15) is 12.4 Å². The number of aromatic nitrogens is 1. The van der Waals surface area contributed by atoms with Crippen molar-refractivity contribution in [3.05, 3.63) is 59.9 Å². The number of nitrogens with zero attached hydrogens (tertiary/aromatic N) is 1. The second-order valence-electron chi connectivity index (χ2n) is 4.06. The molecule has 0 atom stereocenters. The predicted octanol–water partition coefficient (Wildman–Crippen LogP) is 2.38. The van der Waals surface area contributed by atoms with E-state index in [1.807, 2.05) is 36.4 Å². The first-order chi connectivity index (χ1) is 9.40. The van der Waals surface area contributed by atoms with Crippen LogP contribution in [0.2, 0.25) is 0 Å². The normalized spacial score (nSPS) is 9.84. The number of rotatable bonds is 6. The van der Waals surface area contributed by atoms with Gasteiger partial charge in [-0.3, -0.25) is 4.98 Å². The highest BCUT2D eigenvalue weighted by Gasteiger charge is 2.01. The predicted molar refractivity (Wildman–Crippen MR) is 75.6 cm³/mol. The molecule has 0 radical (unpaired) electrons. The lowest BCUT2D eigenvalue weighted by Gasteiger charge is -2.10. The first-order valence-corrected chi connectivity index (χ1v) is 6.14. The second kappa shape index (κ2) is 7.20. The van der Waals surface area contributed by atoms with Gasteiger partial charge in [-0.2, -0.15) is 0 Å². The summed E-state index contributed by atoms with van der Waals surface area (Å²) >= 11 is 0. The summed E-state index contributed by atoms with van der Waals surface area (Å²) in [5.74, 6) is 3.31. The summed E-state index contributed by atoms with van der Waals surface area (Å²) in [6.07, 6.45) is 8.79. The summed E-state index contributed by atoms with van der Waals surface area (Å²) < 4.78 is 5.50. The van der Waals surface area contributed by atoms with E-state index in [0.29, 0.717) is 6.61 Å². The zero-order valence-corrected chi connectivity index (χ0v) is 10.7. The number of pyridine rings is 1. The highest BCUT2D eigenvalue weighted by atomic mass is 16.5. The number of para-hydroxylation sites is 1. The van der Waals surface area contributed by atoms with Crippen molar-refractivity contribution < 1.29 is 4.74 Å². The zero-order chi connectivity index (χ0) is 13.3. The van der Waals surface area contributed by atoms with E-state index in [0.717, 1.165) is 24.4 Å². The van der Waals surface area contributed by atoms with E-state index in [4.69, 9.17) is 11.2 Å². The molecule has 1 heterocycles. The molecule has 19 heavy (non-hydrogen) atoms. The standard InChI is InChI=1S/C16H16N2O/c1-2-11-19-16-6-4-3-5-15(16)13-18-12-14-7-9-17-10-8-14/h1,3-10,18H,11-13H2. The third-order valence-electron chi connectivity index (χ3n) is 2.68. The molecule has 0 saturated heterocycles. The van der Waals surface area contributed by atoms with Gasteiger partial charge in [-0.05, 0) is 23.8 Å². The molecule has 0 aliphatic carbocycles. The second-order valence-corrected chi connectivity index (χ2v) is 4.06. The minimum atomic E-state index is 0.293. The van der Waals surface area contributed by atoms with E-state index in [1.54, 1.807) is 12.4 Å². The van der Waals surface area contributed by atoms with Gasteiger partial charge in [0, 0.05) is 31.0 Å². The molecule has 0 saturated carbocycles. The summed E-state index contributed by atoms with van der Waals surface area (Å²) in [6, 6.07) is 11.9. The fraction of sp³-hybridized carbons (Fsp3) is 0.188. The van der Waals surface area contributed by atoms with Gasteiger partial charge in [-0.15, -0.1) is 6.42 Å². The summed E-state index contributed by atoms with van der Waals surface area (Å²) in [5, 5.41) is 3.38. The first kappa shape index (κ1) is 13.1. The van der Waals surface area contributed by atoms with Gasteiger partial charge in [0.25, 0.3) is 0 Å². The van der Waals surface area contributed by atoms with Crippen LogP contribution in [0.5, 0.6) is 5.75 Å². The number of nitrogens with one attached hydrogen (secondary N) is 1. The molecule has 0 unspecified atom stereocenters. The zero-order valence-electron chi connectivity index (χ0n) is 10.7. The van der Waals surface area contributed by atoms with Crippen molar-refractivity contribution in [2.75, 3.05) is 6.61 Å². The molecule has 1 aromatic carbocycles. The molecule has 0 aliphatic heterocycles. The molecule has 0 fully saturated rings. The Balaban J connectivity index is 1.90. The average Bonchev–Trinajstić information content (AvgIpc) is 2.47. The molecule has 3 heteroatoms. The smallest absolute Gasteiger partial charge is 0.148 e. The van der Waals surface area contributed by atoms with Crippen LogP contribution in [0.15, 0.2) is 48.8 Å². The van der Waals surface area contributed by atoms with Crippen molar-refractivity contribution in [2.24, 2.45) is 0 Å². The minimum absolute atomic E-state index is 0.293. The van der Waals surface area contributed by atoms with E-state index >= 15 is 0 Å².